The molecule has 3 aromatic carbocycles. The molecule has 2 heterocycles. The van der Waals surface area contributed by atoms with E-state index in [4.69, 9.17) is 14.2 Å². The van der Waals surface area contributed by atoms with Crippen LogP contribution in [-0.2, 0) is 33.8 Å². The van der Waals surface area contributed by atoms with E-state index >= 15 is 0 Å². The number of carbonyl (C=O) groups excluding carboxylic acids is 4. The number of nitrogens with zero attached hydrogens (tertiary/aromatic N) is 1. The summed E-state index contributed by atoms with van der Waals surface area (Å²) in [5, 5.41) is 4.86. The Morgan fingerprint density at radius 2 is 1.85 bits per heavy atom. The second kappa shape index (κ2) is 14.5. The molecule has 1 N–H and O–H groups in total. The van der Waals surface area contributed by atoms with Crippen LogP contribution in [0.25, 0.3) is 16.8 Å². The minimum atomic E-state index is -0.573. The van der Waals surface area contributed by atoms with Crippen LogP contribution >= 0.6 is 45.7 Å². The minimum Gasteiger partial charge on any atom is -0.493 e. The number of nitrogens with one attached hydrogen (secondary N) is 1. The van der Waals surface area contributed by atoms with Crippen molar-refractivity contribution in [1.82, 2.24) is 4.90 Å². The number of anilines is 1. The second-order valence-electron chi connectivity index (χ2n) is 10.9. The molecule has 0 bridgehead atoms. The molecule has 0 atom stereocenters. The molecule has 1 fully saturated rings. The Kier molecular flexibility index (Phi) is 10.2. The number of methoxy groups -OCH3 is 1. The van der Waals surface area contributed by atoms with E-state index in [9.17, 15) is 19.2 Å². The average Bonchev–Trinajstić information content (AvgIpc) is 3.55. The summed E-state index contributed by atoms with van der Waals surface area (Å²) in [6, 6.07) is 17.8. The first-order valence-corrected chi connectivity index (χ1v) is 17.8. The maximum atomic E-state index is 13.3. The molecule has 9 nitrogen and oxygen atoms in total. The van der Waals surface area contributed by atoms with E-state index in [0.29, 0.717) is 34.2 Å². The normalized spacial score (nSPS) is 15.2. The summed E-state index contributed by atoms with van der Waals surface area (Å²) in [7, 11) is 1.55. The van der Waals surface area contributed by atoms with Gasteiger partial charge in [0, 0.05) is 4.88 Å². The Balaban J connectivity index is 1.16. The van der Waals surface area contributed by atoms with Gasteiger partial charge in [-0.3, -0.25) is 19.3 Å². The molecule has 0 radical (unpaired) electrons. The van der Waals surface area contributed by atoms with Crippen molar-refractivity contribution in [3.05, 3.63) is 90.2 Å². The SMILES string of the molecule is CCOC(=O)c1c(NC(=O)CN2C(=O)SC(=Cc3cc(I)c(OCc4cccc5ccccc45)c(OC)c3)C2=O)sc2c1CCCC2. The largest absolute Gasteiger partial charge is 0.493 e. The lowest BCUT2D eigenvalue weighted by molar-refractivity contribution is -0.127. The predicted molar refractivity (Wildman–Crippen MR) is 192 cm³/mol. The first-order chi connectivity index (χ1) is 22.8. The van der Waals surface area contributed by atoms with Gasteiger partial charge in [-0.2, -0.15) is 0 Å². The topological polar surface area (TPSA) is 111 Å². The summed E-state index contributed by atoms with van der Waals surface area (Å²) in [4.78, 5) is 54.2. The summed E-state index contributed by atoms with van der Waals surface area (Å²) in [6.07, 6.45) is 5.15. The first kappa shape index (κ1) is 33.0. The number of aryl methyl sites for hydroxylation is 1. The third-order valence-corrected chi connectivity index (χ3v) is 10.8. The predicted octanol–water partition coefficient (Wildman–Crippen LogP) is 7.82. The molecule has 3 amide bonds. The molecule has 1 aromatic heterocycles. The number of benzene rings is 3. The zero-order chi connectivity index (χ0) is 33.1. The number of rotatable bonds is 10. The summed E-state index contributed by atoms with van der Waals surface area (Å²) >= 11 is 4.28. The van der Waals surface area contributed by atoms with Gasteiger partial charge in [0.1, 0.15) is 18.2 Å². The summed E-state index contributed by atoms with van der Waals surface area (Å²) in [5.74, 6) is -0.567. The van der Waals surface area contributed by atoms with Gasteiger partial charge in [-0.25, -0.2) is 4.79 Å². The monoisotopic (exact) mass is 782 g/mol. The van der Waals surface area contributed by atoms with Crippen LogP contribution in [0, 0.1) is 3.57 Å². The Bertz CT molecular complexity index is 1930. The van der Waals surface area contributed by atoms with Crippen LogP contribution in [0.5, 0.6) is 11.5 Å². The van der Waals surface area contributed by atoms with Crippen molar-refractivity contribution in [2.24, 2.45) is 0 Å². The molecular weight excluding hydrogens is 751 g/mol. The first-order valence-electron chi connectivity index (χ1n) is 15.1. The number of carbonyl (C=O) groups is 4. The molecule has 6 rings (SSSR count). The van der Waals surface area contributed by atoms with E-state index < -0.39 is 29.6 Å². The fourth-order valence-corrected chi connectivity index (χ4v) is 8.62. The Hall–Kier alpha value is -3.88. The Morgan fingerprint density at radius 3 is 2.66 bits per heavy atom. The lowest BCUT2D eigenvalue weighted by Crippen LogP contribution is -2.36. The summed E-state index contributed by atoms with van der Waals surface area (Å²) in [6.45, 7) is 1.80. The molecular formula is C35H31IN2O7S2. The van der Waals surface area contributed by atoms with Gasteiger partial charge in [0.2, 0.25) is 5.91 Å². The fraction of sp³-hybridized carbons (Fsp3) is 0.257. The van der Waals surface area contributed by atoms with Crippen molar-refractivity contribution >= 4 is 90.6 Å². The van der Waals surface area contributed by atoms with Crippen LogP contribution in [0.2, 0.25) is 0 Å². The lowest BCUT2D eigenvalue weighted by atomic mass is 9.95. The van der Waals surface area contributed by atoms with E-state index in [0.717, 1.165) is 72.7 Å². The van der Waals surface area contributed by atoms with Crippen LogP contribution in [0.1, 0.15) is 51.7 Å². The number of hydrogen-bond donors (Lipinski definition) is 1. The van der Waals surface area contributed by atoms with Crippen LogP contribution in [-0.4, -0.2) is 48.2 Å². The number of thiophene rings is 1. The van der Waals surface area contributed by atoms with Crippen molar-refractivity contribution in [1.29, 1.82) is 0 Å². The second-order valence-corrected chi connectivity index (χ2v) is 14.2. The lowest BCUT2D eigenvalue weighted by Gasteiger charge is -2.15. The zero-order valence-corrected chi connectivity index (χ0v) is 29.5. The van der Waals surface area contributed by atoms with E-state index in [1.165, 1.54) is 11.3 Å². The van der Waals surface area contributed by atoms with E-state index in [1.54, 1.807) is 26.2 Å². The van der Waals surface area contributed by atoms with Gasteiger partial charge in [-0.1, -0.05) is 42.5 Å². The number of halogens is 1. The van der Waals surface area contributed by atoms with Crippen LogP contribution in [0.15, 0.2) is 59.5 Å². The number of esters is 1. The van der Waals surface area contributed by atoms with Gasteiger partial charge in [0.05, 0.1) is 27.8 Å². The van der Waals surface area contributed by atoms with Gasteiger partial charge in [-0.05, 0) is 113 Å². The van der Waals surface area contributed by atoms with Crippen molar-refractivity contribution in [3.63, 3.8) is 0 Å². The number of ether oxygens (including phenoxy) is 3. The summed E-state index contributed by atoms with van der Waals surface area (Å²) < 4.78 is 17.9. The van der Waals surface area contributed by atoms with Crippen LogP contribution < -0.4 is 14.8 Å². The molecule has 1 saturated heterocycles. The molecule has 0 spiro atoms. The smallest absolute Gasteiger partial charge is 0.341 e. The van der Waals surface area contributed by atoms with Crippen molar-refractivity contribution < 1.29 is 33.4 Å². The third-order valence-electron chi connectivity index (χ3n) is 7.88. The number of thioether (sulfide) groups is 1. The molecule has 4 aromatic rings. The Morgan fingerprint density at radius 1 is 1.06 bits per heavy atom. The number of amides is 3. The van der Waals surface area contributed by atoms with Gasteiger partial charge >= 0.3 is 5.97 Å². The molecule has 242 valence electrons. The highest BCUT2D eigenvalue weighted by atomic mass is 127. The molecule has 12 heteroatoms. The van der Waals surface area contributed by atoms with Gasteiger partial charge < -0.3 is 19.5 Å². The van der Waals surface area contributed by atoms with E-state index in [-0.39, 0.29) is 11.5 Å². The average molecular weight is 783 g/mol. The number of imide groups is 1. The summed E-state index contributed by atoms with van der Waals surface area (Å²) in [5.41, 5.74) is 2.97. The molecule has 2 aliphatic rings. The van der Waals surface area contributed by atoms with Crippen LogP contribution in [0.3, 0.4) is 0 Å². The highest BCUT2D eigenvalue weighted by Crippen LogP contribution is 2.40. The van der Waals surface area contributed by atoms with Gasteiger partial charge in [-0.15, -0.1) is 11.3 Å². The highest BCUT2D eigenvalue weighted by Gasteiger charge is 2.37. The fourth-order valence-electron chi connectivity index (χ4n) is 5.70. The molecule has 47 heavy (non-hydrogen) atoms. The molecule has 1 aliphatic carbocycles. The van der Waals surface area contributed by atoms with Crippen molar-refractivity contribution in [2.75, 3.05) is 25.6 Å². The quantitative estimate of drug-likeness (QED) is 0.0986. The number of fused-ring (bicyclic) bond motifs is 2. The third kappa shape index (κ3) is 7.04. The standard InChI is InChI=1S/C35H31IN2O7S2/c1-3-44-34(41)30-24-13-6-7-14-27(24)46-32(30)37-29(39)18-38-33(40)28(47-35(38)42)17-20-15-25(36)31(26(16-20)43-2)45-19-22-11-8-10-21-9-4-5-12-23(21)22/h4-5,8-12,15-17H,3,6-7,13-14,18-19H2,1-2H3,(H,37,39). The van der Waals surface area contributed by atoms with E-state index in [2.05, 4.69) is 46.1 Å². The van der Waals surface area contributed by atoms with Crippen molar-refractivity contribution in [3.8, 4) is 11.5 Å². The van der Waals surface area contributed by atoms with E-state index in [1.807, 2.05) is 30.3 Å². The van der Waals surface area contributed by atoms with Crippen molar-refractivity contribution in [2.45, 2.75) is 39.2 Å². The Labute approximate surface area is 293 Å². The van der Waals surface area contributed by atoms with Crippen LogP contribution in [0.4, 0.5) is 9.80 Å². The van der Waals surface area contributed by atoms with Gasteiger partial charge in [0.25, 0.3) is 11.1 Å². The number of hydrogen-bond acceptors (Lipinski definition) is 9. The maximum absolute atomic E-state index is 13.3. The highest BCUT2D eigenvalue weighted by molar-refractivity contribution is 14.1. The maximum Gasteiger partial charge on any atom is 0.341 e. The minimum absolute atomic E-state index is 0.184. The zero-order valence-electron chi connectivity index (χ0n) is 25.7. The molecule has 1 aliphatic heterocycles. The molecule has 0 unspecified atom stereocenters. The molecule has 0 saturated carbocycles. The van der Waals surface area contributed by atoms with Gasteiger partial charge in [0.15, 0.2) is 11.5 Å².